The standard InChI is InChI=1S/C16H24Cl2N2/c1-4-5-13-10-20(16(9-19-13)11(2)3)15-7-6-12(17)8-14(15)18/h6-8,11,13,16,19H,4-5,9-10H2,1-3H3. The van der Waals surface area contributed by atoms with Crippen molar-refractivity contribution in [3.8, 4) is 0 Å². The van der Waals surface area contributed by atoms with Gasteiger partial charge >= 0.3 is 0 Å². The van der Waals surface area contributed by atoms with E-state index in [1.807, 2.05) is 18.2 Å². The van der Waals surface area contributed by atoms with Gasteiger partial charge < -0.3 is 10.2 Å². The van der Waals surface area contributed by atoms with Crippen molar-refractivity contribution >= 4 is 28.9 Å². The van der Waals surface area contributed by atoms with Crippen molar-refractivity contribution in [1.29, 1.82) is 0 Å². The zero-order valence-electron chi connectivity index (χ0n) is 12.5. The van der Waals surface area contributed by atoms with Gasteiger partial charge in [0, 0.05) is 30.2 Å². The van der Waals surface area contributed by atoms with Gasteiger partial charge in [-0.1, -0.05) is 50.4 Å². The van der Waals surface area contributed by atoms with Gasteiger partial charge in [-0.15, -0.1) is 0 Å². The first-order valence-corrected chi connectivity index (χ1v) is 8.23. The fraction of sp³-hybridized carbons (Fsp3) is 0.625. The van der Waals surface area contributed by atoms with E-state index < -0.39 is 0 Å². The smallest absolute Gasteiger partial charge is 0.0654 e. The van der Waals surface area contributed by atoms with Crippen LogP contribution in [-0.2, 0) is 0 Å². The molecule has 2 rings (SSSR count). The van der Waals surface area contributed by atoms with Crippen LogP contribution < -0.4 is 10.2 Å². The molecule has 2 nitrogen and oxygen atoms in total. The molecule has 0 bridgehead atoms. The van der Waals surface area contributed by atoms with E-state index in [1.54, 1.807) is 0 Å². The van der Waals surface area contributed by atoms with E-state index in [1.165, 1.54) is 12.8 Å². The minimum atomic E-state index is 0.474. The highest BCUT2D eigenvalue weighted by atomic mass is 35.5. The van der Waals surface area contributed by atoms with Gasteiger partial charge in [0.25, 0.3) is 0 Å². The molecule has 1 aliphatic heterocycles. The first kappa shape index (κ1) is 15.9. The second kappa shape index (κ2) is 7.02. The predicted molar refractivity (Wildman–Crippen MR) is 89.1 cm³/mol. The van der Waals surface area contributed by atoms with Gasteiger partial charge in [0.15, 0.2) is 0 Å². The lowest BCUT2D eigenvalue weighted by atomic mass is 9.96. The van der Waals surface area contributed by atoms with E-state index in [0.29, 0.717) is 23.0 Å². The lowest BCUT2D eigenvalue weighted by Crippen LogP contribution is -2.58. The molecule has 0 saturated carbocycles. The first-order valence-electron chi connectivity index (χ1n) is 7.48. The van der Waals surface area contributed by atoms with Crippen LogP contribution in [0.1, 0.15) is 33.6 Å². The SMILES string of the molecule is CCCC1CN(c2ccc(Cl)cc2Cl)C(C(C)C)CN1. The zero-order chi connectivity index (χ0) is 14.7. The summed E-state index contributed by atoms with van der Waals surface area (Å²) < 4.78 is 0. The van der Waals surface area contributed by atoms with Crippen molar-refractivity contribution in [1.82, 2.24) is 5.32 Å². The number of hydrogen-bond acceptors (Lipinski definition) is 2. The Morgan fingerprint density at radius 2 is 2.10 bits per heavy atom. The Balaban J connectivity index is 2.26. The Labute approximate surface area is 132 Å². The zero-order valence-corrected chi connectivity index (χ0v) is 14.0. The molecular weight excluding hydrogens is 291 g/mol. The predicted octanol–water partition coefficient (Wildman–Crippen LogP) is 4.60. The maximum absolute atomic E-state index is 6.41. The van der Waals surface area contributed by atoms with E-state index in [-0.39, 0.29) is 0 Å². The van der Waals surface area contributed by atoms with Gasteiger partial charge in [-0.2, -0.15) is 0 Å². The number of rotatable bonds is 4. The fourth-order valence-corrected chi connectivity index (χ4v) is 3.48. The van der Waals surface area contributed by atoms with E-state index >= 15 is 0 Å². The van der Waals surface area contributed by atoms with Crippen LogP contribution in [0.25, 0.3) is 0 Å². The second-order valence-electron chi connectivity index (χ2n) is 5.95. The summed E-state index contributed by atoms with van der Waals surface area (Å²) in [6.07, 6.45) is 2.40. The Hall–Kier alpha value is -0.440. The van der Waals surface area contributed by atoms with Crippen LogP contribution in [0.3, 0.4) is 0 Å². The number of benzene rings is 1. The number of halogens is 2. The van der Waals surface area contributed by atoms with E-state index in [2.05, 4.69) is 31.0 Å². The average molecular weight is 315 g/mol. The van der Waals surface area contributed by atoms with Crippen molar-refractivity contribution in [2.45, 2.75) is 45.7 Å². The average Bonchev–Trinajstić information content (AvgIpc) is 2.38. The summed E-state index contributed by atoms with van der Waals surface area (Å²) in [6.45, 7) is 8.79. The molecule has 2 unspecified atom stereocenters. The van der Waals surface area contributed by atoms with Crippen molar-refractivity contribution in [3.63, 3.8) is 0 Å². The molecule has 20 heavy (non-hydrogen) atoms. The summed E-state index contributed by atoms with van der Waals surface area (Å²) in [5, 5.41) is 5.12. The summed E-state index contributed by atoms with van der Waals surface area (Å²) >= 11 is 12.4. The maximum atomic E-state index is 6.41. The third-order valence-corrected chi connectivity index (χ3v) is 4.60. The molecule has 1 saturated heterocycles. The van der Waals surface area contributed by atoms with Crippen LogP contribution in [0.15, 0.2) is 18.2 Å². The van der Waals surface area contributed by atoms with Crippen LogP contribution in [0.5, 0.6) is 0 Å². The summed E-state index contributed by atoms with van der Waals surface area (Å²) in [5.74, 6) is 0.580. The molecular formula is C16H24Cl2N2. The molecule has 0 aromatic heterocycles. The highest BCUT2D eigenvalue weighted by molar-refractivity contribution is 6.36. The van der Waals surface area contributed by atoms with Gasteiger partial charge in [0.1, 0.15) is 0 Å². The second-order valence-corrected chi connectivity index (χ2v) is 6.80. The Morgan fingerprint density at radius 3 is 2.70 bits per heavy atom. The molecule has 112 valence electrons. The van der Waals surface area contributed by atoms with Crippen LogP contribution >= 0.6 is 23.2 Å². The molecule has 1 aromatic carbocycles. The van der Waals surface area contributed by atoms with Gasteiger partial charge in [-0.05, 0) is 30.5 Å². The molecule has 2 atom stereocenters. The first-order chi connectivity index (χ1) is 9.52. The van der Waals surface area contributed by atoms with Crippen LogP contribution in [0.4, 0.5) is 5.69 Å². The van der Waals surface area contributed by atoms with E-state index in [9.17, 15) is 0 Å². The molecule has 4 heteroatoms. The number of piperazine rings is 1. The molecule has 1 fully saturated rings. The summed E-state index contributed by atoms with van der Waals surface area (Å²) in [4.78, 5) is 2.46. The normalized spacial score (nSPS) is 23.4. The van der Waals surface area contributed by atoms with Crippen molar-refractivity contribution in [2.75, 3.05) is 18.0 Å². The lowest BCUT2D eigenvalue weighted by Gasteiger charge is -2.44. The number of nitrogens with zero attached hydrogens (tertiary/aromatic N) is 1. The van der Waals surface area contributed by atoms with Crippen molar-refractivity contribution in [2.24, 2.45) is 5.92 Å². The van der Waals surface area contributed by atoms with Gasteiger partial charge in [0.2, 0.25) is 0 Å². The Morgan fingerprint density at radius 1 is 1.35 bits per heavy atom. The topological polar surface area (TPSA) is 15.3 Å². The van der Waals surface area contributed by atoms with Crippen molar-refractivity contribution < 1.29 is 0 Å². The summed E-state index contributed by atoms with van der Waals surface area (Å²) in [7, 11) is 0. The maximum Gasteiger partial charge on any atom is 0.0654 e. The third kappa shape index (κ3) is 3.60. The monoisotopic (exact) mass is 314 g/mol. The van der Waals surface area contributed by atoms with Crippen LogP contribution in [0, 0.1) is 5.92 Å². The Kier molecular flexibility index (Phi) is 5.59. The number of hydrogen-bond donors (Lipinski definition) is 1. The van der Waals surface area contributed by atoms with Gasteiger partial charge in [-0.3, -0.25) is 0 Å². The third-order valence-electron chi connectivity index (χ3n) is 4.06. The fourth-order valence-electron chi connectivity index (χ4n) is 2.96. The Bertz CT molecular complexity index is 448. The minimum Gasteiger partial charge on any atom is -0.364 e. The number of anilines is 1. The molecule has 0 spiro atoms. The quantitative estimate of drug-likeness (QED) is 0.874. The van der Waals surface area contributed by atoms with Crippen LogP contribution in [0.2, 0.25) is 10.0 Å². The largest absolute Gasteiger partial charge is 0.364 e. The van der Waals surface area contributed by atoms with E-state index in [0.717, 1.165) is 23.8 Å². The molecule has 0 radical (unpaired) electrons. The summed E-state index contributed by atoms with van der Waals surface area (Å²) in [6, 6.07) is 6.83. The molecule has 0 amide bonds. The molecule has 0 aliphatic carbocycles. The van der Waals surface area contributed by atoms with Gasteiger partial charge in [0.05, 0.1) is 10.7 Å². The highest BCUT2D eigenvalue weighted by Gasteiger charge is 2.30. The number of nitrogens with one attached hydrogen (secondary N) is 1. The minimum absolute atomic E-state index is 0.474. The van der Waals surface area contributed by atoms with Crippen molar-refractivity contribution in [3.05, 3.63) is 28.2 Å². The van der Waals surface area contributed by atoms with E-state index in [4.69, 9.17) is 23.2 Å². The lowest BCUT2D eigenvalue weighted by molar-refractivity contribution is 0.327. The highest BCUT2D eigenvalue weighted by Crippen LogP contribution is 2.33. The summed E-state index contributed by atoms with van der Waals surface area (Å²) in [5.41, 5.74) is 1.11. The molecule has 1 heterocycles. The molecule has 1 aromatic rings. The van der Waals surface area contributed by atoms with Gasteiger partial charge in [-0.25, -0.2) is 0 Å². The van der Waals surface area contributed by atoms with Crippen LogP contribution in [-0.4, -0.2) is 25.2 Å². The molecule has 1 aliphatic rings. The molecule has 1 N–H and O–H groups in total.